The zero-order valence-corrected chi connectivity index (χ0v) is 10.5. The van der Waals surface area contributed by atoms with Crippen LogP contribution in [0.5, 0.6) is 0 Å². The Morgan fingerprint density at radius 3 is 2.53 bits per heavy atom. The molecule has 2 rings (SSSR count). The van der Waals surface area contributed by atoms with Crippen molar-refractivity contribution in [1.29, 1.82) is 0 Å². The zero-order valence-electron chi connectivity index (χ0n) is 9.70. The summed E-state index contributed by atoms with van der Waals surface area (Å²) in [4.78, 5) is 0. The van der Waals surface area contributed by atoms with Gasteiger partial charge in [-0.25, -0.2) is 0 Å². The molecule has 0 aliphatic heterocycles. The molecule has 0 fully saturated rings. The van der Waals surface area contributed by atoms with E-state index in [1.165, 1.54) is 11.1 Å². The summed E-state index contributed by atoms with van der Waals surface area (Å²) in [5.41, 5.74) is 9.09. The number of halogens is 1. The van der Waals surface area contributed by atoms with Gasteiger partial charge < -0.3 is 5.73 Å². The molecule has 0 spiro atoms. The van der Waals surface area contributed by atoms with Gasteiger partial charge >= 0.3 is 0 Å². The van der Waals surface area contributed by atoms with E-state index in [1.807, 2.05) is 36.4 Å². The molecule has 0 aromatic heterocycles. The quantitative estimate of drug-likeness (QED) is 0.807. The SMILES string of the molecule is Nc1cccc(CCCc2ccccc2Cl)c1. The third kappa shape index (κ3) is 3.50. The second-order valence-corrected chi connectivity index (χ2v) is 4.60. The molecule has 0 bridgehead atoms. The van der Waals surface area contributed by atoms with Gasteiger partial charge in [-0.2, -0.15) is 0 Å². The molecule has 0 saturated heterocycles. The molecule has 0 heterocycles. The van der Waals surface area contributed by atoms with Crippen LogP contribution in [-0.4, -0.2) is 0 Å². The van der Waals surface area contributed by atoms with E-state index in [0.717, 1.165) is 30.0 Å². The number of aryl methyl sites for hydroxylation is 2. The molecule has 17 heavy (non-hydrogen) atoms. The van der Waals surface area contributed by atoms with E-state index in [4.69, 9.17) is 17.3 Å². The maximum absolute atomic E-state index is 6.11. The van der Waals surface area contributed by atoms with E-state index in [-0.39, 0.29) is 0 Å². The van der Waals surface area contributed by atoms with Crippen molar-refractivity contribution in [2.45, 2.75) is 19.3 Å². The Hall–Kier alpha value is -1.47. The molecule has 0 saturated carbocycles. The van der Waals surface area contributed by atoms with E-state index in [9.17, 15) is 0 Å². The smallest absolute Gasteiger partial charge is 0.0437 e. The van der Waals surface area contributed by atoms with E-state index in [1.54, 1.807) is 0 Å². The van der Waals surface area contributed by atoms with E-state index < -0.39 is 0 Å². The average Bonchev–Trinajstić information content (AvgIpc) is 2.32. The van der Waals surface area contributed by atoms with Gasteiger partial charge in [-0.05, 0) is 48.6 Å². The molecule has 2 heteroatoms. The minimum Gasteiger partial charge on any atom is -0.399 e. The highest BCUT2D eigenvalue weighted by molar-refractivity contribution is 6.31. The second-order valence-electron chi connectivity index (χ2n) is 4.19. The maximum Gasteiger partial charge on any atom is 0.0437 e. The van der Waals surface area contributed by atoms with Crippen LogP contribution in [-0.2, 0) is 12.8 Å². The fraction of sp³-hybridized carbons (Fsp3) is 0.200. The Labute approximate surface area is 107 Å². The van der Waals surface area contributed by atoms with Gasteiger partial charge in [0.25, 0.3) is 0 Å². The molecule has 2 N–H and O–H groups in total. The number of hydrogen-bond donors (Lipinski definition) is 1. The van der Waals surface area contributed by atoms with Gasteiger partial charge in [0, 0.05) is 10.7 Å². The van der Waals surface area contributed by atoms with Crippen LogP contribution in [0.2, 0.25) is 5.02 Å². The first-order chi connectivity index (χ1) is 8.25. The number of benzene rings is 2. The van der Waals surface area contributed by atoms with Crippen LogP contribution in [0.25, 0.3) is 0 Å². The standard InChI is InChI=1S/C15H16ClN/c16-15-10-2-1-7-13(15)8-3-5-12-6-4-9-14(17)11-12/h1-2,4,6-7,9-11H,3,5,8,17H2. The highest BCUT2D eigenvalue weighted by Gasteiger charge is 1.99. The number of rotatable bonds is 4. The normalized spacial score (nSPS) is 10.4. The van der Waals surface area contributed by atoms with Gasteiger partial charge in [-0.15, -0.1) is 0 Å². The summed E-state index contributed by atoms with van der Waals surface area (Å²) in [5, 5.41) is 0.861. The fourth-order valence-electron chi connectivity index (χ4n) is 1.93. The monoisotopic (exact) mass is 245 g/mol. The summed E-state index contributed by atoms with van der Waals surface area (Å²) >= 11 is 6.11. The van der Waals surface area contributed by atoms with Crippen molar-refractivity contribution < 1.29 is 0 Å². The van der Waals surface area contributed by atoms with Crippen molar-refractivity contribution in [1.82, 2.24) is 0 Å². The van der Waals surface area contributed by atoms with E-state index >= 15 is 0 Å². The number of nitrogen functional groups attached to an aromatic ring is 1. The average molecular weight is 246 g/mol. The van der Waals surface area contributed by atoms with Crippen molar-refractivity contribution in [3.63, 3.8) is 0 Å². The summed E-state index contributed by atoms with van der Waals surface area (Å²) < 4.78 is 0. The van der Waals surface area contributed by atoms with Crippen molar-refractivity contribution in [3.05, 3.63) is 64.7 Å². The molecule has 0 unspecified atom stereocenters. The molecular weight excluding hydrogens is 230 g/mol. The third-order valence-electron chi connectivity index (χ3n) is 2.82. The Balaban J connectivity index is 1.90. The van der Waals surface area contributed by atoms with Crippen molar-refractivity contribution in [3.8, 4) is 0 Å². The van der Waals surface area contributed by atoms with Crippen LogP contribution in [0.15, 0.2) is 48.5 Å². The van der Waals surface area contributed by atoms with Crippen LogP contribution >= 0.6 is 11.6 Å². The van der Waals surface area contributed by atoms with E-state index in [2.05, 4.69) is 12.1 Å². The lowest BCUT2D eigenvalue weighted by atomic mass is 10.0. The Kier molecular flexibility index (Phi) is 4.05. The highest BCUT2D eigenvalue weighted by atomic mass is 35.5. The fourth-order valence-corrected chi connectivity index (χ4v) is 2.16. The molecule has 0 aliphatic rings. The number of anilines is 1. The number of nitrogens with two attached hydrogens (primary N) is 1. The molecule has 0 radical (unpaired) electrons. The van der Waals surface area contributed by atoms with Gasteiger partial charge in [0.1, 0.15) is 0 Å². The summed E-state index contributed by atoms with van der Waals surface area (Å²) in [6.45, 7) is 0. The predicted octanol–water partition coefficient (Wildman–Crippen LogP) is 4.10. The summed E-state index contributed by atoms with van der Waals surface area (Å²) in [7, 11) is 0. The molecular formula is C15H16ClN. The predicted molar refractivity (Wildman–Crippen MR) is 74.3 cm³/mol. The molecule has 2 aromatic carbocycles. The van der Waals surface area contributed by atoms with Gasteiger partial charge in [-0.3, -0.25) is 0 Å². The van der Waals surface area contributed by atoms with Crippen molar-refractivity contribution in [2.24, 2.45) is 0 Å². The Morgan fingerprint density at radius 2 is 1.76 bits per heavy atom. The largest absolute Gasteiger partial charge is 0.399 e. The van der Waals surface area contributed by atoms with Crippen LogP contribution in [0.3, 0.4) is 0 Å². The lowest BCUT2D eigenvalue weighted by Gasteiger charge is -2.05. The van der Waals surface area contributed by atoms with Crippen molar-refractivity contribution >= 4 is 17.3 Å². The summed E-state index contributed by atoms with van der Waals surface area (Å²) in [6, 6.07) is 16.1. The molecule has 0 aliphatic carbocycles. The minimum absolute atomic E-state index is 0.834. The topological polar surface area (TPSA) is 26.0 Å². The second kappa shape index (κ2) is 5.74. The third-order valence-corrected chi connectivity index (χ3v) is 3.19. The Bertz CT molecular complexity index is 494. The first-order valence-corrected chi connectivity index (χ1v) is 6.21. The summed E-state index contributed by atoms with van der Waals surface area (Å²) in [5.74, 6) is 0. The molecule has 1 nitrogen and oxygen atoms in total. The Morgan fingerprint density at radius 1 is 0.941 bits per heavy atom. The molecule has 2 aromatic rings. The lowest BCUT2D eigenvalue weighted by Crippen LogP contribution is -1.92. The first-order valence-electron chi connectivity index (χ1n) is 5.83. The van der Waals surface area contributed by atoms with Gasteiger partial charge in [0.15, 0.2) is 0 Å². The molecule has 0 amide bonds. The van der Waals surface area contributed by atoms with Crippen LogP contribution in [0, 0.1) is 0 Å². The van der Waals surface area contributed by atoms with Gasteiger partial charge in [-0.1, -0.05) is 41.9 Å². The van der Waals surface area contributed by atoms with Crippen molar-refractivity contribution in [2.75, 3.05) is 5.73 Å². The number of hydrogen-bond acceptors (Lipinski definition) is 1. The zero-order chi connectivity index (χ0) is 12.1. The first kappa shape index (κ1) is 12.0. The van der Waals surface area contributed by atoms with Crippen LogP contribution < -0.4 is 5.73 Å². The van der Waals surface area contributed by atoms with E-state index in [0.29, 0.717) is 0 Å². The van der Waals surface area contributed by atoms with Crippen LogP contribution in [0.4, 0.5) is 5.69 Å². The summed E-state index contributed by atoms with van der Waals surface area (Å²) in [6.07, 6.45) is 3.14. The molecule has 0 atom stereocenters. The minimum atomic E-state index is 0.834. The highest BCUT2D eigenvalue weighted by Crippen LogP contribution is 2.18. The molecule has 88 valence electrons. The van der Waals surface area contributed by atoms with Crippen LogP contribution in [0.1, 0.15) is 17.5 Å². The van der Waals surface area contributed by atoms with Gasteiger partial charge in [0.05, 0.1) is 0 Å². The van der Waals surface area contributed by atoms with Gasteiger partial charge in [0.2, 0.25) is 0 Å². The maximum atomic E-state index is 6.11. The lowest BCUT2D eigenvalue weighted by molar-refractivity contribution is 0.821.